The molecule has 7 heteroatoms. The first-order valence-electron chi connectivity index (χ1n) is 8.56. The van der Waals surface area contributed by atoms with E-state index >= 15 is 0 Å². The Balaban J connectivity index is 1.55. The first-order chi connectivity index (χ1) is 12.0. The zero-order valence-corrected chi connectivity index (χ0v) is 15.7. The molecule has 3 rings (SSSR count). The van der Waals surface area contributed by atoms with Gasteiger partial charge in [-0.05, 0) is 37.8 Å². The maximum absolute atomic E-state index is 12.5. The Morgan fingerprint density at radius 1 is 1.40 bits per heavy atom. The molecule has 0 aliphatic carbocycles. The van der Waals surface area contributed by atoms with Crippen LogP contribution in [0.2, 0.25) is 5.02 Å². The van der Waals surface area contributed by atoms with E-state index in [1.165, 1.54) is 0 Å². The van der Waals surface area contributed by atoms with Gasteiger partial charge in [0.05, 0.1) is 10.7 Å². The molecule has 0 spiro atoms. The SMILES string of the molecule is Cc1cc(C(=O)N(C)CC2CCN(c3ccncc3Cl)CC2)nn1C. The van der Waals surface area contributed by atoms with Crippen LogP contribution in [-0.4, -0.2) is 52.3 Å². The number of carbonyl (C=O) groups excluding carboxylic acids is 1. The number of amides is 1. The number of hydrogen-bond donors (Lipinski definition) is 0. The van der Waals surface area contributed by atoms with Crippen LogP contribution in [0.4, 0.5) is 5.69 Å². The number of anilines is 1. The summed E-state index contributed by atoms with van der Waals surface area (Å²) in [7, 11) is 3.71. The molecule has 134 valence electrons. The fourth-order valence-electron chi connectivity index (χ4n) is 3.31. The van der Waals surface area contributed by atoms with Crippen molar-refractivity contribution in [3.05, 3.63) is 40.9 Å². The molecule has 0 saturated carbocycles. The van der Waals surface area contributed by atoms with Gasteiger partial charge in [-0.3, -0.25) is 14.5 Å². The third kappa shape index (κ3) is 3.95. The number of nitrogens with zero attached hydrogens (tertiary/aromatic N) is 5. The van der Waals surface area contributed by atoms with Gasteiger partial charge in [-0.25, -0.2) is 0 Å². The smallest absolute Gasteiger partial charge is 0.274 e. The van der Waals surface area contributed by atoms with Gasteiger partial charge < -0.3 is 9.80 Å². The second-order valence-corrected chi connectivity index (χ2v) is 7.14. The van der Waals surface area contributed by atoms with Crippen molar-refractivity contribution in [2.75, 3.05) is 31.6 Å². The molecule has 2 aromatic rings. The Morgan fingerprint density at radius 3 is 2.72 bits per heavy atom. The van der Waals surface area contributed by atoms with E-state index in [1.54, 1.807) is 22.0 Å². The average Bonchev–Trinajstić information content (AvgIpc) is 2.94. The first kappa shape index (κ1) is 17.7. The van der Waals surface area contributed by atoms with E-state index in [9.17, 15) is 4.79 Å². The summed E-state index contributed by atoms with van der Waals surface area (Å²) in [5.41, 5.74) is 2.55. The fourth-order valence-corrected chi connectivity index (χ4v) is 3.55. The number of piperidine rings is 1. The lowest BCUT2D eigenvalue weighted by Gasteiger charge is -2.35. The van der Waals surface area contributed by atoms with Crippen molar-refractivity contribution in [3.63, 3.8) is 0 Å². The van der Waals surface area contributed by atoms with Crippen molar-refractivity contribution in [3.8, 4) is 0 Å². The van der Waals surface area contributed by atoms with Crippen molar-refractivity contribution in [1.29, 1.82) is 0 Å². The van der Waals surface area contributed by atoms with Crippen LogP contribution in [0.15, 0.2) is 24.5 Å². The number of carbonyl (C=O) groups is 1. The molecule has 1 aliphatic heterocycles. The number of halogens is 1. The topological polar surface area (TPSA) is 54.3 Å². The van der Waals surface area contributed by atoms with E-state index in [1.807, 2.05) is 33.2 Å². The zero-order chi connectivity index (χ0) is 18.0. The molecule has 0 aromatic carbocycles. The van der Waals surface area contributed by atoms with Gasteiger partial charge in [0.15, 0.2) is 5.69 Å². The van der Waals surface area contributed by atoms with Gasteiger partial charge in [0.2, 0.25) is 0 Å². The number of rotatable bonds is 4. The Labute approximate surface area is 153 Å². The van der Waals surface area contributed by atoms with E-state index in [0.717, 1.165) is 43.9 Å². The summed E-state index contributed by atoms with van der Waals surface area (Å²) in [6.07, 6.45) is 5.54. The van der Waals surface area contributed by atoms with Crippen LogP contribution in [0.1, 0.15) is 29.0 Å². The number of aromatic nitrogens is 3. The predicted octanol–water partition coefficient (Wildman–Crippen LogP) is 2.77. The Hall–Kier alpha value is -2.08. The van der Waals surface area contributed by atoms with Crippen LogP contribution < -0.4 is 4.90 Å². The van der Waals surface area contributed by atoms with Gasteiger partial charge in [-0.15, -0.1) is 0 Å². The fraction of sp³-hybridized carbons (Fsp3) is 0.500. The van der Waals surface area contributed by atoms with Gasteiger partial charge in [0.25, 0.3) is 5.91 Å². The second kappa shape index (κ2) is 7.44. The molecule has 0 N–H and O–H groups in total. The minimum absolute atomic E-state index is 0.0108. The van der Waals surface area contributed by atoms with Crippen LogP contribution in [0.25, 0.3) is 0 Å². The lowest BCUT2D eigenvalue weighted by Crippen LogP contribution is -2.39. The van der Waals surface area contributed by atoms with Crippen molar-refractivity contribution in [1.82, 2.24) is 19.7 Å². The molecule has 0 radical (unpaired) electrons. The third-order valence-corrected chi connectivity index (χ3v) is 5.21. The quantitative estimate of drug-likeness (QED) is 0.840. The lowest BCUT2D eigenvalue weighted by molar-refractivity contribution is 0.0758. The molecular weight excluding hydrogens is 338 g/mol. The van der Waals surface area contributed by atoms with Crippen molar-refractivity contribution < 1.29 is 4.79 Å². The molecule has 0 atom stereocenters. The highest BCUT2D eigenvalue weighted by Gasteiger charge is 2.24. The summed E-state index contributed by atoms with van der Waals surface area (Å²) in [6.45, 7) is 4.59. The minimum atomic E-state index is -0.0108. The van der Waals surface area contributed by atoms with Gasteiger partial charge in [0, 0.05) is 51.8 Å². The average molecular weight is 362 g/mol. The van der Waals surface area contributed by atoms with Crippen LogP contribution >= 0.6 is 11.6 Å². The molecule has 6 nitrogen and oxygen atoms in total. The Morgan fingerprint density at radius 2 is 2.12 bits per heavy atom. The van der Waals surface area contributed by atoms with Gasteiger partial charge in [-0.1, -0.05) is 11.6 Å². The number of pyridine rings is 1. The van der Waals surface area contributed by atoms with Gasteiger partial charge >= 0.3 is 0 Å². The molecule has 0 unspecified atom stereocenters. The summed E-state index contributed by atoms with van der Waals surface area (Å²) in [4.78, 5) is 20.7. The van der Waals surface area contributed by atoms with E-state index in [0.29, 0.717) is 16.6 Å². The predicted molar refractivity (Wildman–Crippen MR) is 99.1 cm³/mol. The molecule has 1 aliphatic rings. The normalized spacial score (nSPS) is 15.4. The molecule has 3 heterocycles. The summed E-state index contributed by atoms with van der Waals surface area (Å²) in [5.74, 6) is 0.485. The zero-order valence-electron chi connectivity index (χ0n) is 14.9. The lowest BCUT2D eigenvalue weighted by atomic mass is 9.96. The molecule has 1 amide bonds. The molecule has 1 saturated heterocycles. The van der Waals surface area contributed by atoms with E-state index in [2.05, 4.69) is 15.0 Å². The summed E-state index contributed by atoms with van der Waals surface area (Å²) >= 11 is 6.24. The van der Waals surface area contributed by atoms with Crippen molar-refractivity contribution in [2.45, 2.75) is 19.8 Å². The molecule has 25 heavy (non-hydrogen) atoms. The van der Waals surface area contributed by atoms with E-state index in [4.69, 9.17) is 11.6 Å². The molecular formula is C18H24ClN5O. The molecule has 2 aromatic heterocycles. The van der Waals surface area contributed by atoms with Gasteiger partial charge in [0.1, 0.15) is 0 Å². The first-order valence-corrected chi connectivity index (χ1v) is 8.94. The number of hydrogen-bond acceptors (Lipinski definition) is 4. The largest absolute Gasteiger partial charge is 0.370 e. The summed E-state index contributed by atoms with van der Waals surface area (Å²) in [5, 5.41) is 4.98. The Kier molecular flexibility index (Phi) is 5.27. The highest BCUT2D eigenvalue weighted by Crippen LogP contribution is 2.29. The highest BCUT2D eigenvalue weighted by molar-refractivity contribution is 6.33. The van der Waals surface area contributed by atoms with Crippen molar-refractivity contribution >= 4 is 23.2 Å². The maximum Gasteiger partial charge on any atom is 0.274 e. The minimum Gasteiger partial charge on any atom is -0.370 e. The van der Waals surface area contributed by atoms with Gasteiger partial charge in [-0.2, -0.15) is 5.10 Å². The standard InChI is InChI=1S/C18H24ClN5O/c1-13-10-16(21-23(13)3)18(25)22(2)12-14-5-8-24(9-6-14)17-4-7-20-11-15(17)19/h4,7,10-11,14H,5-6,8-9,12H2,1-3H3. The van der Waals surface area contributed by atoms with Crippen LogP contribution in [-0.2, 0) is 7.05 Å². The van der Waals surface area contributed by atoms with E-state index in [-0.39, 0.29) is 5.91 Å². The van der Waals surface area contributed by atoms with E-state index < -0.39 is 0 Å². The monoisotopic (exact) mass is 361 g/mol. The third-order valence-electron chi connectivity index (χ3n) is 4.92. The summed E-state index contributed by atoms with van der Waals surface area (Å²) < 4.78 is 1.73. The van der Waals surface area contributed by atoms with Crippen LogP contribution in [0.3, 0.4) is 0 Å². The molecule has 0 bridgehead atoms. The number of aryl methyl sites for hydroxylation is 2. The van der Waals surface area contributed by atoms with Crippen LogP contribution in [0.5, 0.6) is 0 Å². The summed E-state index contributed by atoms with van der Waals surface area (Å²) in [6, 6.07) is 3.80. The highest BCUT2D eigenvalue weighted by atomic mass is 35.5. The maximum atomic E-state index is 12.5. The van der Waals surface area contributed by atoms with Crippen molar-refractivity contribution in [2.24, 2.45) is 13.0 Å². The van der Waals surface area contributed by atoms with Crippen LogP contribution in [0, 0.1) is 12.8 Å². The second-order valence-electron chi connectivity index (χ2n) is 6.74. The molecule has 1 fully saturated rings. The Bertz CT molecular complexity index is 732.